The molecule has 0 fully saturated rings. The van der Waals surface area contributed by atoms with E-state index in [9.17, 15) is 10.2 Å². The summed E-state index contributed by atoms with van der Waals surface area (Å²) in [5.74, 6) is 1.41. The van der Waals surface area contributed by atoms with E-state index in [1.165, 1.54) is 6.07 Å². The van der Waals surface area contributed by atoms with Gasteiger partial charge in [-0.2, -0.15) is 0 Å². The second kappa shape index (κ2) is 5.56. The van der Waals surface area contributed by atoms with Crippen molar-refractivity contribution in [2.75, 3.05) is 0 Å². The number of phenols is 1. The summed E-state index contributed by atoms with van der Waals surface area (Å²) in [5, 5.41) is 19.5. The number of hydrogen-bond acceptors (Lipinski definition) is 3. The van der Waals surface area contributed by atoms with Crippen molar-refractivity contribution in [3.05, 3.63) is 54.1 Å². The average Bonchev–Trinajstić information content (AvgIpc) is 2.41. The summed E-state index contributed by atoms with van der Waals surface area (Å²) < 4.78 is 5.65. The van der Waals surface area contributed by atoms with E-state index in [0.717, 1.165) is 5.75 Å². The van der Waals surface area contributed by atoms with Gasteiger partial charge < -0.3 is 14.9 Å². The Labute approximate surface area is 106 Å². The van der Waals surface area contributed by atoms with Gasteiger partial charge in [-0.05, 0) is 36.8 Å². The van der Waals surface area contributed by atoms with Gasteiger partial charge in [-0.1, -0.05) is 25.1 Å². The summed E-state index contributed by atoms with van der Waals surface area (Å²) in [6.07, 6.45) is -0.133. The lowest BCUT2D eigenvalue weighted by Gasteiger charge is -2.12. The highest BCUT2D eigenvalue weighted by atomic mass is 16.5. The van der Waals surface area contributed by atoms with E-state index in [1.807, 2.05) is 37.3 Å². The quantitative estimate of drug-likeness (QED) is 0.863. The molecule has 0 saturated heterocycles. The molecule has 0 amide bonds. The second-order valence-corrected chi connectivity index (χ2v) is 4.06. The van der Waals surface area contributed by atoms with Gasteiger partial charge in [0.1, 0.15) is 17.2 Å². The van der Waals surface area contributed by atoms with Crippen LogP contribution in [-0.4, -0.2) is 10.2 Å². The monoisotopic (exact) mass is 244 g/mol. The van der Waals surface area contributed by atoms with Crippen LogP contribution in [0.5, 0.6) is 17.2 Å². The van der Waals surface area contributed by atoms with Crippen LogP contribution in [0, 0.1) is 0 Å². The topological polar surface area (TPSA) is 49.7 Å². The zero-order valence-electron chi connectivity index (χ0n) is 10.2. The Kier molecular flexibility index (Phi) is 3.85. The number of hydrogen-bond donors (Lipinski definition) is 2. The predicted molar refractivity (Wildman–Crippen MR) is 69.9 cm³/mol. The molecule has 3 nitrogen and oxygen atoms in total. The van der Waals surface area contributed by atoms with Crippen molar-refractivity contribution < 1.29 is 14.9 Å². The number of aliphatic hydroxyl groups is 1. The normalized spacial score (nSPS) is 12.1. The Morgan fingerprint density at radius 2 is 1.78 bits per heavy atom. The second-order valence-electron chi connectivity index (χ2n) is 4.06. The van der Waals surface area contributed by atoms with Crippen LogP contribution in [0.2, 0.25) is 0 Å². The van der Waals surface area contributed by atoms with Crippen molar-refractivity contribution in [2.45, 2.75) is 19.4 Å². The minimum Gasteiger partial charge on any atom is -0.508 e. The van der Waals surface area contributed by atoms with Gasteiger partial charge in [0.25, 0.3) is 0 Å². The maximum Gasteiger partial charge on any atom is 0.128 e. The lowest BCUT2D eigenvalue weighted by atomic mass is 10.1. The van der Waals surface area contributed by atoms with Crippen LogP contribution in [0.15, 0.2) is 48.5 Å². The molecule has 2 N–H and O–H groups in total. The molecule has 1 unspecified atom stereocenters. The molecule has 0 heterocycles. The summed E-state index contributed by atoms with van der Waals surface area (Å²) in [7, 11) is 0. The SMILES string of the molecule is CCC(O)c1cc(Oc2ccccc2)ccc1O. The van der Waals surface area contributed by atoms with Crippen LogP contribution in [0.3, 0.4) is 0 Å². The van der Waals surface area contributed by atoms with Crippen molar-refractivity contribution in [1.29, 1.82) is 0 Å². The fourth-order valence-corrected chi connectivity index (χ4v) is 1.71. The minimum atomic E-state index is -0.677. The lowest BCUT2D eigenvalue weighted by molar-refractivity contribution is 0.169. The zero-order chi connectivity index (χ0) is 13.0. The van der Waals surface area contributed by atoms with Crippen molar-refractivity contribution >= 4 is 0 Å². The smallest absolute Gasteiger partial charge is 0.128 e. The number of para-hydroxylation sites is 1. The average molecular weight is 244 g/mol. The first-order chi connectivity index (χ1) is 8.70. The molecule has 94 valence electrons. The van der Waals surface area contributed by atoms with Gasteiger partial charge in [0.05, 0.1) is 6.10 Å². The molecule has 0 saturated carbocycles. The van der Waals surface area contributed by atoms with E-state index in [4.69, 9.17) is 4.74 Å². The van der Waals surface area contributed by atoms with E-state index in [-0.39, 0.29) is 5.75 Å². The van der Waals surface area contributed by atoms with E-state index in [0.29, 0.717) is 17.7 Å². The standard InChI is InChI=1S/C15H16O3/c1-2-14(16)13-10-12(8-9-15(13)17)18-11-6-4-3-5-7-11/h3-10,14,16-17H,2H2,1H3. The molecule has 0 aliphatic carbocycles. The van der Waals surface area contributed by atoms with E-state index >= 15 is 0 Å². The van der Waals surface area contributed by atoms with Gasteiger partial charge in [-0.15, -0.1) is 0 Å². The van der Waals surface area contributed by atoms with Gasteiger partial charge in [0, 0.05) is 5.56 Å². The van der Waals surface area contributed by atoms with Crippen LogP contribution in [-0.2, 0) is 0 Å². The molecule has 0 spiro atoms. The maximum atomic E-state index is 9.79. The molecule has 0 aliphatic rings. The third-order valence-electron chi connectivity index (χ3n) is 2.72. The highest BCUT2D eigenvalue weighted by Gasteiger charge is 2.11. The molecule has 18 heavy (non-hydrogen) atoms. The lowest BCUT2D eigenvalue weighted by Crippen LogP contribution is -1.96. The summed E-state index contributed by atoms with van der Waals surface area (Å²) in [4.78, 5) is 0. The Bertz CT molecular complexity index is 508. The van der Waals surface area contributed by atoms with Crippen LogP contribution in [0.25, 0.3) is 0 Å². The van der Waals surface area contributed by atoms with Crippen LogP contribution < -0.4 is 4.74 Å². The van der Waals surface area contributed by atoms with E-state index in [2.05, 4.69) is 0 Å². The molecule has 2 rings (SSSR count). The molecule has 1 atom stereocenters. The Hall–Kier alpha value is -2.00. The number of benzene rings is 2. The molecule has 0 aliphatic heterocycles. The highest BCUT2D eigenvalue weighted by Crippen LogP contribution is 2.31. The minimum absolute atomic E-state index is 0.0877. The predicted octanol–water partition coefficient (Wildman–Crippen LogP) is 3.63. The first kappa shape index (κ1) is 12.5. The number of aliphatic hydroxyl groups excluding tert-OH is 1. The Morgan fingerprint density at radius 1 is 1.06 bits per heavy atom. The summed E-state index contributed by atoms with van der Waals surface area (Å²) in [6.45, 7) is 1.86. The van der Waals surface area contributed by atoms with Gasteiger partial charge in [0.2, 0.25) is 0 Å². The molecule has 0 bridgehead atoms. The van der Waals surface area contributed by atoms with Crippen LogP contribution in [0.1, 0.15) is 25.0 Å². The number of phenolic OH excluding ortho intramolecular Hbond substituents is 1. The summed E-state index contributed by atoms with van der Waals surface area (Å²) >= 11 is 0. The van der Waals surface area contributed by atoms with Crippen molar-refractivity contribution in [1.82, 2.24) is 0 Å². The molecule has 0 radical (unpaired) electrons. The van der Waals surface area contributed by atoms with E-state index in [1.54, 1.807) is 12.1 Å². The third-order valence-corrected chi connectivity index (χ3v) is 2.72. The fraction of sp³-hybridized carbons (Fsp3) is 0.200. The van der Waals surface area contributed by atoms with Gasteiger partial charge in [-0.3, -0.25) is 0 Å². The fourth-order valence-electron chi connectivity index (χ4n) is 1.71. The number of rotatable bonds is 4. The van der Waals surface area contributed by atoms with Crippen molar-refractivity contribution in [3.8, 4) is 17.2 Å². The number of ether oxygens (including phenoxy) is 1. The number of aromatic hydroxyl groups is 1. The molecule has 2 aromatic carbocycles. The largest absolute Gasteiger partial charge is 0.508 e. The first-order valence-corrected chi connectivity index (χ1v) is 5.94. The zero-order valence-corrected chi connectivity index (χ0v) is 10.2. The molecule has 3 heteroatoms. The molecule has 2 aromatic rings. The van der Waals surface area contributed by atoms with Crippen LogP contribution in [0.4, 0.5) is 0 Å². The van der Waals surface area contributed by atoms with Crippen molar-refractivity contribution in [3.63, 3.8) is 0 Å². The molecular formula is C15H16O3. The summed E-state index contributed by atoms with van der Waals surface area (Å²) in [5.41, 5.74) is 0.492. The van der Waals surface area contributed by atoms with Gasteiger partial charge in [-0.25, -0.2) is 0 Å². The van der Waals surface area contributed by atoms with Crippen molar-refractivity contribution in [2.24, 2.45) is 0 Å². The maximum absolute atomic E-state index is 9.79. The Balaban J connectivity index is 2.25. The van der Waals surface area contributed by atoms with E-state index < -0.39 is 6.10 Å². The molecule has 0 aromatic heterocycles. The highest BCUT2D eigenvalue weighted by molar-refractivity contribution is 5.42. The van der Waals surface area contributed by atoms with Gasteiger partial charge in [0.15, 0.2) is 0 Å². The Morgan fingerprint density at radius 3 is 2.44 bits per heavy atom. The summed E-state index contributed by atoms with van der Waals surface area (Å²) in [6, 6.07) is 14.3. The molecular weight excluding hydrogens is 228 g/mol. The first-order valence-electron chi connectivity index (χ1n) is 5.94. The third kappa shape index (κ3) is 2.81. The van der Waals surface area contributed by atoms with Crippen LogP contribution >= 0.6 is 0 Å². The van der Waals surface area contributed by atoms with Gasteiger partial charge >= 0.3 is 0 Å².